The quantitative estimate of drug-likeness (QED) is 0.894. The zero-order valence-corrected chi connectivity index (χ0v) is 13.6. The van der Waals surface area contributed by atoms with Crippen LogP contribution in [-0.2, 0) is 5.41 Å². The van der Waals surface area contributed by atoms with Gasteiger partial charge in [0, 0.05) is 0 Å². The predicted octanol–water partition coefficient (Wildman–Crippen LogP) is 4.04. The molecule has 0 spiro atoms. The van der Waals surface area contributed by atoms with Crippen LogP contribution in [-0.4, -0.2) is 6.91 Å². The second-order valence-electron chi connectivity index (χ2n) is 6.12. The Morgan fingerprint density at radius 2 is 1.85 bits per heavy atom. The fraction of sp³-hybridized carbons (Fsp3) is 0.375. The molecule has 0 aromatic carbocycles. The van der Waals surface area contributed by atoms with Gasteiger partial charge in [0.2, 0.25) is 0 Å². The fourth-order valence-electron chi connectivity index (χ4n) is 2.62. The molecule has 0 fully saturated rings. The van der Waals surface area contributed by atoms with E-state index in [-0.39, 0.29) is 5.41 Å². The van der Waals surface area contributed by atoms with Crippen molar-refractivity contribution in [3.8, 4) is 0 Å². The van der Waals surface area contributed by atoms with Gasteiger partial charge in [-0.15, -0.1) is 0 Å². The maximum atomic E-state index is 6.28. The first kappa shape index (κ1) is 15.2. The van der Waals surface area contributed by atoms with Crippen LogP contribution in [0.15, 0.2) is 36.1 Å². The van der Waals surface area contributed by atoms with E-state index in [1.165, 1.54) is 16.3 Å². The van der Waals surface area contributed by atoms with E-state index in [4.69, 9.17) is 11.2 Å². The van der Waals surface area contributed by atoms with Gasteiger partial charge >= 0.3 is 123 Å². The first-order chi connectivity index (χ1) is 9.34. The number of rotatable bonds is 3. The minimum atomic E-state index is -0.688. The van der Waals surface area contributed by atoms with Crippen molar-refractivity contribution < 1.29 is 0 Å². The number of hydrogen-bond donors (Lipinski definition) is 2. The molecular weight excluding hydrogens is 262 g/mol. The van der Waals surface area contributed by atoms with E-state index in [9.17, 15) is 0 Å². The summed E-state index contributed by atoms with van der Waals surface area (Å²) in [5, 5.41) is 1.28. The molecule has 0 amide bonds. The Hall–Kier alpha value is -1.18. The molecule has 104 valence electrons. The molecule has 2 aromatic rings. The van der Waals surface area contributed by atoms with Gasteiger partial charge in [0.05, 0.1) is 0 Å². The van der Waals surface area contributed by atoms with Crippen LogP contribution in [0.1, 0.15) is 49.9 Å². The van der Waals surface area contributed by atoms with Crippen molar-refractivity contribution >= 4 is 20.2 Å². The van der Waals surface area contributed by atoms with Crippen LogP contribution in [0.4, 0.5) is 5.58 Å². The summed E-state index contributed by atoms with van der Waals surface area (Å²) in [4.78, 5) is 0. The molecule has 0 bridgehead atoms. The summed E-state index contributed by atoms with van der Waals surface area (Å²) in [5.74, 6) is 2.54. The van der Waals surface area contributed by atoms with Crippen LogP contribution < -0.4 is 11.2 Å². The maximum absolute atomic E-state index is 6.28. The molecule has 4 heteroatoms. The summed E-state index contributed by atoms with van der Waals surface area (Å²) < 4.78 is 0. The van der Waals surface area contributed by atoms with E-state index in [0.717, 1.165) is 5.58 Å². The van der Waals surface area contributed by atoms with Gasteiger partial charge in [-0.1, -0.05) is 0 Å². The zero-order chi connectivity index (χ0) is 14.9. The summed E-state index contributed by atoms with van der Waals surface area (Å²) in [6, 6.07) is 10.6. The summed E-state index contributed by atoms with van der Waals surface area (Å²) in [7, 11) is -0.688. The molecule has 20 heavy (non-hydrogen) atoms. The van der Waals surface area contributed by atoms with Crippen LogP contribution in [0.5, 0.6) is 0 Å². The van der Waals surface area contributed by atoms with Crippen molar-refractivity contribution in [3.63, 3.8) is 0 Å². The third-order valence-electron chi connectivity index (χ3n) is 3.96. The van der Waals surface area contributed by atoms with Crippen LogP contribution in [0.25, 0.3) is 0 Å². The first-order valence-electron chi connectivity index (χ1n) is 7.00. The Kier molecular flexibility index (Phi) is 4.32. The van der Waals surface area contributed by atoms with Crippen LogP contribution in [0, 0.1) is 0 Å². The Labute approximate surface area is 123 Å². The summed E-state index contributed by atoms with van der Waals surface area (Å²) in [5.41, 5.74) is 15.7. The van der Waals surface area contributed by atoms with Gasteiger partial charge in [-0.25, -0.2) is 0 Å². The van der Waals surface area contributed by atoms with Gasteiger partial charge in [0.1, 0.15) is 0 Å². The second kappa shape index (κ2) is 5.67. The molecule has 0 saturated heterocycles. The van der Waals surface area contributed by atoms with Crippen LogP contribution in [0.3, 0.4) is 0 Å². The second-order valence-corrected chi connectivity index (χ2v) is 7.71. The molecule has 0 aliphatic heterocycles. The Balaban J connectivity index is 2.50. The van der Waals surface area contributed by atoms with Gasteiger partial charge in [0.15, 0.2) is 0 Å². The van der Waals surface area contributed by atoms with E-state index in [1.807, 2.05) is 6.07 Å². The standard InChI is InChI=1S/C16H23BN2P/c1-11(2)12-8-9-13(17-15(12)18)16(3,4)14-7-5-6-10-20(14)19/h5-11H,18-19H2,1-4H3/q+1. The van der Waals surface area contributed by atoms with Crippen molar-refractivity contribution in [1.29, 1.82) is 0 Å². The molecule has 2 nitrogen and oxygen atoms in total. The van der Waals surface area contributed by atoms with Crippen molar-refractivity contribution in [2.45, 2.75) is 39.0 Å². The summed E-state index contributed by atoms with van der Waals surface area (Å²) in [6.07, 6.45) is 0. The summed E-state index contributed by atoms with van der Waals surface area (Å²) >= 11 is 0. The van der Waals surface area contributed by atoms with Crippen LogP contribution >= 0.6 is 7.68 Å². The SMILES string of the molecule is CC(C)c1ccc(C(C)(C)c2cccc[p+]2N)bc1N. The van der Waals surface area contributed by atoms with Crippen molar-refractivity contribution in [2.24, 2.45) is 0 Å². The fourth-order valence-corrected chi connectivity index (χ4v) is 4.10. The molecule has 0 saturated carbocycles. The normalized spacial score (nSPS) is 12.6. The summed E-state index contributed by atoms with van der Waals surface area (Å²) in [6.45, 7) is 10.9. The molecule has 2 heterocycles. The average molecular weight is 285 g/mol. The third-order valence-corrected chi connectivity index (χ3v) is 5.72. The molecular formula is C16H23BN2P+. The average Bonchev–Trinajstić information content (AvgIpc) is 2.38. The van der Waals surface area contributed by atoms with Gasteiger partial charge in [-0.3, -0.25) is 0 Å². The van der Waals surface area contributed by atoms with Gasteiger partial charge in [-0.05, 0) is 0 Å². The van der Waals surface area contributed by atoms with Gasteiger partial charge < -0.3 is 0 Å². The molecule has 4 N–H and O–H groups in total. The number of anilines is 1. The van der Waals surface area contributed by atoms with Crippen LogP contribution in [0.2, 0.25) is 0 Å². The third kappa shape index (κ3) is 2.80. The topological polar surface area (TPSA) is 52.0 Å². The number of nitrogen functional groups attached to an aromatic ring is 2. The molecule has 2 rings (SSSR count). The van der Waals surface area contributed by atoms with Crippen molar-refractivity contribution in [3.05, 3.63) is 52.4 Å². The minimum absolute atomic E-state index is 0.0919. The van der Waals surface area contributed by atoms with Gasteiger partial charge in [0.25, 0.3) is 0 Å². The zero-order valence-electron chi connectivity index (χ0n) is 12.7. The molecule has 1 atom stereocenters. The molecule has 0 aliphatic carbocycles. The Morgan fingerprint density at radius 1 is 1.15 bits per heavy atom. The molecule has 0 aliphatic rings. The Bertz CT molecular complexity index is 624. The molecule has 0 radical (unpaired) electrons. The first-order valence-corrected chi connectivity index (χ1v) is 8.48. The number of hydrogen-bond acceptors (Lipinski definition) is 2. The number of nitrogens with two attached hydrogens (primary N) is 2. The van der Waals surface area contributed by atoms with E-state index >= 15 is 0 Å². The van der Waals surface area contributed by atoms with Crippen molar-refractivity contribution in [1.82, 2.24) is 0 Å². The van der Waals surface area contributed by atoms with E-state index < -0.39 is 7.68 Å². The van der Waals surface area contributed by atoms with E-state index in [0.29, 0.717) is 5.92 Å². The van der Waals surface area contributed by atoms with Crippen molar-refractivity contribution in [2.75, 3.05) is 11.2 Å². The van der Waals surface area contributed by atoms with E-state index in [1.54, 1.807) is 0 Å². The predicted molar refractivity (Wildman–Crippen MR) is 92.1 cm³/mol. The Morgan fingerprint density at radius 3 is 2.40 bits per heavy atom. The van der Waals surface area contributed by atoms with E-state index in [2.05, 4.69) is 64.7 Å². The molecule has 1 unspecified atom stereocenters. The monoisotopic (exact) mass is 285 g/mol. The van der Waals surface area contributed by atoms with Gasteiger partial charge in [-0.2, -0.15) is 0 Å². The molecule has 2 aromatic heterocycles.